The Morgan fingerprint density at radius 1 is 0.925 bits per heavy atom. The number of rotatable bonds is 11. The third-order valence-corrected chi connectivity index (χ3v) is 9.37. The number of nitrogens with zero attached hydrogens (tertiary/aromatic N) is 2. The van der Waals surface area contributed by atoms with Crippen LogP contribution in [0.5, 0.6) is 0 Å². The van der Waals surface area contributed by atoms with Crippen molar-refractivity contribution < 1.29 is 18.0 Å². The molecule has 1 atom stereocenters. The van der Waals surface area contributed by atoms with Gasteiger partial charge in [-0.25, -0.2) is 8.42 Å². The van der Waals surface area contributed by atoms with E-state index in [1.807, 2.05) is 50.2 Å². The summed E-state index contributed by atoms with van der Waals surface area (Å²) in [6.07, 6.45) is 4.62. The van der Waals surface area contributed by atoms with Crippen molar-refractivity contribution in [1.29, 1.82) is 0 Å². The summed E-state index contributed by atoms with van der Waals surface area (Å²) in [5.74, 6) is -0.668. The first-order valence-corrected chi connectivity index (χ1v) is 15.5. The van der Waals surface area contributed by atoms with Crippen LogP contribution in [0.2, 0.25) is 0 Å². The third-order valence-electron chi connectivity index (χ3n) is 7.59. The Bertz CT molecular complexity index is 1400. The Labute approximate surface area is 238 Å². The van der Waals surface area contributed by atoms with Gasteiger partial charge in [-0.1, -0.05) is 86.0 Å². The molecule has 0 unspecified atom stereocenters. The van der Waals surface area contributed by atoms with Crippen molar-refractivity contribution in [2.75, 3.05) is 10.8 Å². The second-order valence-electron chi connectivity index (χ2n) is 10.5. The molecule has 1 fully saturated rings. The van der Waals surface area contributed by atoms with Crippen molar-refractivity contribution in [2.45, 2.75) is 76.4 Å². The lowest BCUT2D eigenvalue weighted by Crippen LogP contribution is -2.52. The fourth-order valence-electron chi connectivity index (χ4n) is 5.15. The van der Waals surface area contributed by atoms with Gasteiger partial charge in [-0.2, -0.15) is 0 Å². The second-order valence-corrected chi connectivity index (χ2v) is 12.3. The van der Waals surface area contributed by atoms with Gasteiger partial charge in [0.1, 0.15) is 12.6 Å². The largest absolute Gasteiger partial charge is 0.352 e. The predicted molar refractivity (Wildman–Crippen MR) is 158 cm³/mol. The third kappa shape index (κ3) is 6.91. The SMILES string of the molecule is CCc1ccccc1N(CC(=O)N(Cc1ccc(C)cc1)[C@H](C)C(=O)NC1CCCC1)S(=O)(=O)c1ccccc1. The number of para-hydroxylation sites is 1. The normalized spacial score (nSPS) is 14.5. The number of hydrogen-bond donors (Lipinski definition) is 1. The van der Waals surface area contributed by atoms with Gasteiger partial charge >= 0.3 is 0 Å². The summed E-state index contributed by atoms with van der Waals surface area (Å²) in [7, 11) is -4.07. The monoisotopic (exact) mass is 561 g/mol. The van der Waals surface area contributed by atoms with Crippen LogP contribution in [0.1, 0.15) is 56.2 Å². The Kier molecular flexibility index (Phi) is 9.63. The summed E-state index contributed by atoms with van der Waals surface area (Å²) in [6.45, 7) is 5.41. The van der Waals surface area contributed by atoms with E-state index >= 15 is 0 Å². The average Bonchev–Trinajstić information content (AvgIpc) is 3.48. The Morgan fingerprint density at radius 2 is 1.55 bits per heavy atom. The summed E-state index contributed by atoms with van der Waals surface area (Å²) in [4.78, 5) is 29.0. The van der Waals surface area contributed by atoms with E-state index in [4.69, 9.17) is 0 Å². The predicted octanol–water partition coefficient (Wildman–Crippen LogP) is 5.23. The van der Waals surface area contributed by atoms with E-state index in [-0.39, 0.29) is 23.4 Å². The number of benzene rings is 3. The lowest BCUT2D eigenvalue weighted by molar-refractivity contribution is -0.139. The summed E-state index contributed by atoms with van der Waals surface area (Å²) in [5.41, 5.74) is 3.23. The number of carbonyl (C=O) groups is 2. The standard InChI is InChI=1S/C32H39N3O4S/c1-4-27-12-8-11-17-30(27)35(40(38,39)29-15-6-5-7-16-29)23-31(36)34(22-26-20-18-24(2)19-21-26)25(3)32(37)33-28-13-9-10-14-28/h5-8,11-12,15-21,25,28H,4,9-10,13-14,22-23H2,1-3H3,(H,33,37)/t25-/m1/s1. The first kappa shape index (κ1) is 29.3. The molecule has 0 radical (unpaired) electrons. The molecule has 4 rings (SSSR count). The molecular formula is C32H39N3O4S. The van der Waals surface area contributed by atoms with Crippen molar-refractivity contribution in [3.8, 4) is 0 Å². The van der Waals surface area contributed by atoms with Gasteiger partial charge < -0.3 is 10.2 Å². The molecule has 2 amide bonds. The van der Waals surface area contributed by atoms with Crippen molar-refractivity contribution >= 4 is 27.5 Å². The number of aryl methyl sites for hydroxylation is 2. The molecule has 0 heterocycles. The van der Waals surface area contributed by atoms with E-state index in [9.17, 15) is 18.0 Å². The van der Waals surface area contributed by atoms with Gasteiger partial charge in [0.15, 0.2) is 0 Å². The van der Waals surface area contributed by atoms with Crippen molar-refractivity contribution in [1.82, 2.24) is 10.2 Å². The molecule has 1 aliphatic carbocycles. The van der Waals surface area contributed by atoms with E-state index in [1.54, 1.807) is 37.3 Å². The number of hydrogen-bond acceptors (Lipinski definition) is 4. The van der Waals surface area contributed by atoms with Crippen LogP contribution in [0.15, 0.2) is 83.8 Å². The van der Waals surface area contributed by atoms with Crippen molar-refractivity contribution in [3.05, 3.63) is 95.6 Å². The van der Waals surface area contributed by atoms with Crippen LogP contribution in [0.3, 0.4) is 0 Å². The fourth-order valence-corrected chi connectivity index (χ4v) is 6.62. The molecule has 212 valence electrons. The van der Waals surface area contributed by atoms with Gasteiger partial charge in [0.05, 0.1) is 10.6 Å². The second kappa shape index (κ2) is 13.1. The van der Waals surface area contributed by atoms with Gasteiger partial charge in [0.2, 0.25) is 11.8 Å². The molecule has 7 nitrogen and oxygen atoms in total. The van der Waals surface area contributed by atoms with E-state index in [0.29, 0.717) is 12.1 Å². The molecule has 3 aromatic rings. The van der Waals surface area contributed by atoms with Crippen LogP contribution in [-0.4, -0.2) is 43.8 Å². The molecule has 0 aliphatic heterocycles. The van der Waals surface area contributed by atoms with Crippen molar-refractivity contribution in [2.24, 2.45) is 0 Å². The zero-order valence-electron chi connectivity index (χ0n) is 23.5. The first-order valence-electron chi connectivity index (χ1n) is 14.0. The van der Waals surface area contributed by atoms with E-state index in [0.717, 1.165) is 42.4 Å². The summed E-state index contributed by atoms with van der Waals surface area (Å²) in [6, 6.07) is 22.5. The number of nitrogens with one attached hydrogen (secondary N) is 1. The van der Waals surface area contributed by atoms with E-state index in [1.165, 1.54) is 21.3 Å². The molecule has 8 heteroatoms. The van der Waals surface area contributed by atoms with Gasteiger partial charge in [-0.15, -0.1) is 0 Å². The molecular weight excluding hydrogens is 522 g/mol. The van der Waals surface area contributed by atoms with E-state index in [2.05, 4.69) is 5.32 Å². The van der Waals surface area contributed by atoms with Crippen LogP contribution in [0.25, 0.3) is 0 Å². The average molecular weight is 562 g/mol. The smallest absolute Gasteiger partial charge is 0.264 e. The minimum Gasteiger partial charge on any atom is -0.352 e. The highest BCUT2D eigenvalue weighted by molar-refractivity contribution is 7.92. The van der Waals surface area contributed by atoms with E-state index < -0.39 is 28.5 Å². The molecule has 1 aliphatic rings. The number of amides is 2. The number of sulfonamides is 1. The van der Waals surface area contributed by atoms with Gasteiger partial charge in [-0.05, 0) is 62.4 Å². The van der Waals surface area contributed by atoms with Crippen LogP contribution < -0.4 is 9.62 Å². The fraction of sp³-hybridized carbons (Fsp3) is 0.375. The first-order chi connectivity index (χ1) is 19.2. The zero-order chi connectivity index (χ0) is 28.7. The van der Waals surface area contributed by atoms with Crippen LogP contribution >= 0.6 is 0 Å². The lowest BCUT2D eigenvalue weighted by Gasteiger charge is -2.33. The van der Waals surface area contributed by atoms with Crippen LogP contribution in [0.4, 0.5) is 5.69 Å². The maximum absolute atomic E-state index is 14.1. The molecule has 40 heavy (non-hydrogen) atoms. The minimum absolute atomic E-state index is 0.103. The number of carbonyl (C=O) groups excluding carboxylic acids is 2. The topological polar surface area (TPSA) is 86.8 Å². The maximum atomic E-state index is 14.1. The molecule has 0 spiro atoms. The summed E-state index contributed by atoms with van der Waals surface area (Å²) in [5, 5.41) is 3.10. The molecule has 3 aromatic carbocycles. The van der Waals surface area contributed by atoms with Gasteiger partial charge in [0, 0.05) is 12.6 Å². The molecule has 0 saturated heterocycles. The van der Waals surface area contributed by atoms with Gasteiger partial charge in [-0.3, -0.25) is 13.9 Å². The maximum Gasteiger partial charge on any atom is 0.264 e. The molecule has 1 N–H and O–H groups in total. The highest BCUT2D eigenvalue weighted by Gasteiger charge is 2.33. The van der Waals surface area contributed by atoms with Crippen LogP contribution in [0, 0.1) is 6.92 Å². The summed E-state index contributed by atoms with van der Waals surface area (Å²) >= 11 is 0. The molecule has 1 saturated carbocycles. The number of anilines is 1. The van der Waals surface area contributed by atoms with Gasteiger partial charge in [0.25, 0.3) is 10.0 Å². The summed E-state index contributed by atoms with van der Waals surface area (Å²) < 4.78 is 29.1. The highest BCUT2D eigenvalue weighted by Crippen LogP contribution is 2.28. The Hall–Kier alpha value is -3.65. The minimum atomic E-state index is -4.07. The van der Waals surface area contributed by atoms with Crippen LogP contribution in [-0.2, 0) is 32.6 Å². The van der Waals surface area contributed by atoms with Crippen molar-refractivity contribution in [3.63, 3.8) is 0 Å². The highest BCUT2D eigenvalue weighted by atomic mass is 32.2. The molecule has 0 bridgehead atoms. The Balaban J connectivity index is 1.70. The Morgan fingerprint density at radius 3 is 2.20 bits per heavy atom. The zero-order valence-corrected chi connectivity index (χ0v) is 24.4. The quantitative estimate of drug-likeness (QED) is 0.347. The molecule has 0 aromatic heterocycles. The lowest BCUT2D eigenvalue weighted by atomic mass is 10.1.